The summed E-state index contributed by atoms with van der Waals surface area (Å²) in [4.78, 5) is 22.1. The zero-order valence-electron chi connectivity index (χ0n) is 13.6. The van der Waals surface area contributed by atoms with Crippen molar-refractivity contribution >= 4 is 24.9 Å². The summed E-state index contributed by atoms with van der Waals surface area (Å²) >= 11 is 0. The molecule has 4 heterocycles. The molecule has 2 fully saturated rings. The highest BCUT2D eigenvalue weighted by Gasteiger charge is 2.51. The molecule has 0 bridgehead atoms. The molecule has 11 nitrogen and oxygen atoms in total. The zero-order valence-corrected chi connectivity index (χ0v) is 14.5. The molecule has 12 heteroatoms. The van der Waals surface area contributed by atoms with Crippen LogP contribution in [0.3, 0.4) is 0 Å². The van der Waals surface area contributed by atoms with Crippen molar-refractivity contribution in [2.75, 3.05) is 18.9 Å². The van der Waals surface area contributed by atoms with Crippen molar-refractivity contribution in [2.24, 2.45) is 5.92 Å². The molecule has 0 aromatic carbocycles. The second-order valence-electron chi connectivity index (χ2n) is 5.90. The zero-order chi connectivity index (χ0) is 17.8. The topological polar surface area (TPSA) is 144 Å². The van der Waals surface area contributed by atoms with Crippen LogP contribution in [0.1, 0.15) is 20.1 Å². The quantitative estimate of drug-likeness (QED) is 0.745. The van der Waals surface area contributed by atoms with Gasteiger partial charge in [0.2, 0.25) is 11.8 Å². The smallest absolute Gasteiger partial charge is 0.472 e. The highest BCUT2D eigenvalue weighted by atomic mass is 31.2. The molecule has 2 aliphatic rings. The molecule has 4 rings (SSSR count). The maximum Gasteiger partial charge on any atom is 0.472 e. The number of phosphoric ester groups is 1. The van der Waals surface area contributed by atoms with Crippen LogP contribution in [0.25, 0.3) is 11.2 Å². The monoisotopic (exact) mass is 371 g/mol. The van der Waals surface area contributed by atoms with Crippen molar-refractivity contribution in [3.8, 4) is 5.88 Å². The molecular weight excluding hydrogens is 353 g/mol. The summed E-state index contributed by atoms with van der Waals surface area (Å²) in [5, 5.41) is 0. The Labute approximate surface area is 142 Å². The van der Waals surface area contributed by atoms with E-state index in [4.69, 9.17) is 24.3 Å². The van der Waals surface area contributed by atoms with Gasteiger partial charge in [0.15, 0.2) is 11.2 Å². The number of nitrogens with zero attached hydrogens (tertiary/aromatic N) is 4. The van der Waals surface area contributed by atoms with E-state index in [-0.39, 0.29) is 18.5 Å². The Bertz CT molecular complexity index is 859. The van der Waals surface area contributed by atoms with Gasteiger partial charge in [-0.3, -0.25) is 13.6 Å². The standard InChI is InChI=1S/C13H18N5O6P/c1-3-21-11-8-10(16-13(14)17-11)18(5-15-8)12-6(2)9-7(23-12)4-22-25(19,20)24-9/h5-7,9,12H,3-4H2,1-2H3,(H,19,20)(H2,14,16,17)/t6-,7+,9-,12+/m0/s1. The Hall–Kier alpha value is -1.78. The van der Waals surface area contributed by atoms with Crippen LogP contribution in [0.4, 0.5) is 5.95 Å². The average molecular weight is 371 g/mol. The summed E-state index contributed by atoms with van der Waals surface area (Å²) in [6.07, 6.45) is 0.0133. The molecule has 0 radical (unpaired) electrons. The number of nitrogen functional groups attached to an aromatic ring is 1. The molecule has 5 atom stereocenters. The van der Waals surface area contributed by atoms with E-state index in [2.05, 4.69) is 15.0 Å². The van der Waals surface area contributed by atoms with Crippen LogP contribution in [0.5, 0.6) is 5.88 Å². The summed E-state index contributed by atoms with van der Waals surface area (Å²) in [7, 11) is -4.04. The third-order valence-electron chi connectivity index (χ3n) is 4.27. The molecule has 0 spiro atoms. The van der Waals surface area contributed by atoms with Gasteiger partial charge in [0.05, 0.1) is 19.5 Å². The predicted molar refractivity (Wildman–Crippen MR) is 84.6 cm³/mol. The Morgan fingerprint density at radius 1 is 1.52 bits per heavy atom. The van der Waals surface area contributed by atoms with Gasteiger partial charge in [0.1, 0.15) is 18.4 Å². The first-order valence-corrected chi connectivity index (χ1v) is 9.33. The van der Waals surface area contributed by atoms with Crippen LogP contribution in [-0.4, -0.2) is 49.8 Å². The molecule has 0 saturated carbocycles. The number of phosphoric acid groups is 1. The van der Waals surface area contributed by atoms with E-state index >= 15 is 0 Å². The average Bonchev–Trinajstić information content (AvgIpc) is 3.09. The van der Waals surface area contributed by atoms with Gasteiger partial charge in [-0.1, -0.05) is 6.92 Å². The number of anilines is 1. The lowest BCUT2D eigenvalue weighted by Crippen LogP contribution is -2.35. The van der Waals surface area contributed by atoms with E-state index in [1.165, 1.54) is 0 Å². The fraction of sp³-hybridized carbons (Fsp3) is 0.615. The van der Waals surface area contributed by atoms with Gasteiger partial charge in [-0.15, -0.1) is 0 Å². The molecule has 3 N–H and O–H groups in total. The number of fused-ring (bicyclic) bond motifs is 2. The van der Waals surface area contributed by atoms with Crippen LogP contribution in [0, 0.1) is 5.92 Å². The predicted octanol–water partition coefficient (Wildman–Crippen LogP) is 0.856. The normalized spacial score (nSPS) is 35.0. The van der Waals surface area contributed by atoms with E-state index in [0.29, 0.717) is 23.7 Å². The van der Waals surface area contributed by atoms with Crippen molar-refractivity contribution in [1.29, 1.82) is 0 Å². The van der Waals surface area contributed by atoms with E-state index in [0.717, 1.165) is 0 Å². The lowest BCUT2D eigenvalue weighted by Gasteiger charge is -2.28. The van der Waals surface area contributed by atoms with Crippen LogP contribution in [0.2, 0.25) is 0 Å². The summed E-state index contributed by atoms with van der Waals surface area (Å²) in [5.41, 5.74) is 6.69. The number of imidazole rings is 1. The molecule has 0 aliphatic carbocycles. The Kier molecular flexibility index (Phi) is 3.93. The van der Waals surface area contributed by atoms with Crippen molar-refractivity contribution in [1.82, 2.24) is 19.5 Å². The largest absolute Gasteiger partial charge is 0.476 e. The third kappa shape index (κ3) is 2.77. The molecule has 136 valence electrons. The Balaban J connectivity index is 1.72. The second-order valence-corrected chi connectivity index (χ2v) is 7.31. The van der Waals surface area contributed by atoms with Crippen molar-refractivity contribution in [2.45, 2.75) is 32.3 Å². The number of ether oxygens (including phenoxy) is 2. The highest BCUT2D eigenvalue weighted by molar-refractivity contribution is 7.47. The molecule has 0 amide bonds. The van der Waals surface area contributed by atoms with Crippen LogP contribution >= 0.6 is 7.82 Å². The van der Waals surface area contributed by atoms with Crippen molar-refractivity contribution in [3.63, 3.8) is 0 Å². The van der Waals surface area contributed by atoms with Gasteiger partial charge in [-0.05, 0) is 6.92 Å². The third-order valence-corrected chi connectivity index (χ3v) is 5.25. The van der Waals surface area contributed by atoms with Gasteiger partial charge >= 0.3 is 7.82 Å². The number of aromatic nitrogens is 4. The van der Waals surface area contributed by atoms with E-state index in [9.17, 15) is 9.46 Å². The van der Waals surface area contributed by atoms with Crippen LogP contribution in [0.15, 0.2) is 6.33 Å². The number of nitrogens with two attached hydrogens (primary N) is 1. The minimum Gasteiger partial charge on any atom is -0.476 e. The number of hydrogen-bond donors (Lipinski definition) is 2. The van der Waals surface area contributed by atoms with Gasteiger partial charge in [-0.2, -0.15) is 9.97 Å². The molecule has 25 heavy (non-hydrogen) atoms. The molecule has 2 saturated heterocycles. The first-order chi connectivity index (χ1) is 11.9. The minimum absolute atomic E-state index is 0.0206. The highest BCUT2D eigenvalue weighted by Crippen LogP contribution is 2.54. The van der Waals surface area contributed by atoms with Gasteiger partial charge in [0.25, 0.3) is 0 Å². The molecule has 1 unspecified atom stereocenters. The van der Waals surface area contributed by atoms with Gasteiger partial charge < -0.3 is 20.1 Å². The Morgan fingerprint density at radius 3 is 3.08 bits per heavy atom. The fourth-order valence-corrected chi connectivity index (χ4v) is 4.21. The number of rotatable bonds is 3. The lowest BCUT2D eigenvalue weighted by atomic mass is 10.0. The van der Waals surface area contributed by atoms with E-state index in [1.54, 1.807) is 10.9 Å². The summed E-state index contributed by atoms with van der Waals surface area (Å²) in [5.74, 6) is 0.116. The molecule has 2 aromatic heterocycles. The van der Waals surface area contributed by atoms with Crippen LogP contribution in [-0.2, 0) is 18.3 Å². The maximum atomic E-state index is 11.7. The first kappa shape index (κ1) is 16.7. The Morgan fingerprint density at radius 2 is 2.32 bits per heavy atom. The summed E-state index contributed by atoms with van der Waals surface area (Å²) < 4.78 is 34.8. The van der Waals surface area contributed by atoms with E-state index in [1.807, 2.05) is 13.8 Å². The van der Waals surface area contributed by atoms with Gasteiger partial charge in [0, 0.05) is 5.92 Å². The summed E-state index contributed by atoms with van der Waals surface area (Å²) in [6, 6.07) is 0. The maximum absolute atomic E-state index is 11.7. The van der Waals surface area contributed by atoms with Crippen molar-refractivity contribution in [3.05, 3.63) is 6.33 Å². The lowest BCUT2D eigenvalue weighted by molar-refractivity contribution is -0.0662. The number of hydrogen-bond acceptors (Lipinski definition) is 9. The molecular formula is C13H18N5O6P. The summed E-state index contributed by atoms with van der Waals surface area (Å²) in [6.45, 7) is 4.09. The molecule has 2 aliphatic heterocycles. The minimum atomic E-state index is -4.04. The van der Waals surface area contributed by atoms with Crippen molar-refractivity contribution < 1.29 is 28.0 Å². The fourth-order valence-electron chi connectivity index (χ4n) is 3.18. The van der Waals surface area contributed by atoms with Gasteiger partial charge in [-0.25, -0.2) is 9.55 Å². The first-order valence-electron chi connectivity index (χ1n) is 7.83. The van der Waals surface area contributed by atoms with E-state index < -0.39 is 26.3 Å². The van der Waals surface area contributed by atoms with Crippen LogP contribution < -0.4 is 10.5 Å². The second kappa shape index (κ2) is 5.89. The SMILES string of the molecule is CCOc1nc(N)nc2c1ncn2[C@@H]1O[C@@H]2COP(=O)(O)O[C@H]2[C@@H]1C. The molecule has 2 aromatic rings.